The van der Waals surface area contributed by atoms with E-state index < -0.39 is 0 Å². The third kappa shape index (κ3) is 2.27. The van der Waals surface area contributed by atoms with Crippen LogP contribution in [0.1, 0.15) is 11.4 Å². The van der Waals surface area contributed by atoms with E-state index in [2.05, 4.69) is 19.9 Å². The van der Waals surface area contributed by atoms with Crippen LogP contribution < -0.4 is 0 Å². The van der Waals surface area contributed by atoms with E-state index in [1.54, 1.807) is 0 Å². The summed E-state index contributed by atoms with van der Waals surface area (Å²) in [6.45, 7) is 0. The molecule has 2 heterocycles. The lowest BCUT2D eigenvalue weighted by atomic mass is 10.2. The van der Waals surface area contributed by atoms with Gasteiger partial charge in [0.25, 0.3) is 0 Å². The number of benzene rings is 2. The predicted octanol–water partition coefficient (Wildman–Crippen LogP) is 3.68. The number of aromatic amines is 1. The Kier molecular flexibility index (Phi) is 2.71. The first-order valence-electron chi connectivity index (χ1n) is 6.74. The van der Waals surface area contributed by atoms with Crippen LogP contribution in [0.25, 0.3) is 34.5 Å². The Labute approximate surface area is 121 Å². The van der Waals surface area contributed by atoms with Gasteiger partial charge >= 0.3 is 0 Å². The molecule has 4 aromatic rings. The molecule has 0 saturated heterocycles. The van der Waals surface area contributed by atoms with Gasteiger partial charge in [0, 0.05) is 0 Å². The molecule has 0 atom stereocenters. The fourth-order valence-corrected chi connectivity index (χ4v) is 2.23. The monoisotopic (exact) mass is 272 g/mol. The molecule has 1 N–H and O–H groups in total. The van der Waals surface area contributed by atoms with Crippen LogP contribution in [0.3, 0.4) is 0 Å². The Bertz CT molecular complexity index is 886. The Balaban J connectivity index is 1.76. The molecule has 0 spiro atoms. The van der Waals surface area contributed by atoms with Crippen molar-refractivity contribution in [3.05, 3.63) is 66.0 Å². The highest BCUT2D eigenvalue weighted by Gasteiger charge is 2.05. The van der Waals surface area contributed by atoms with Crippen molar-refractivity contribution < 1.29 is 0 Å². The van der Waals surface area contributed by atoms with Crippen molar-refractivity contribution in [3.63, 3.8) is 0 Å². The highest BCUT2D eigenvalue weighted by Crippen LogP contribution is 2.15. The van der Waals surface area contributed by atoms with Gasteiger partial charge in [-0.25, -0.2) is 15.0 Å². The second kappa shape index (κ2) is 4.83. The van der Waals surface area contributed by atoms with Gasteiger partial charge in [-0.05, 0) is 23.8 Å². The molecule has 0 bridgehead atoms. The zero-order valence-electron chi connectivity index (χ0n) is 11.2. The Morgan fingerprint density at radius 1 is 0.714 bits per heavy atom. The highest BCUT2D eigenvalue weighted by molar-refractivity contribution is 5.83. The SMILES string of the molecule is C(=Cc1nc2nc3ccccc3nc2[nH]1)c1ccccc1. The summed E-state index contributed by atoms with van der Waals surface area (Å²) in [6, 6.07) is 17.9. The summed E-state index contributed by atoms with van der Waals surface area (Å²) in [6.07, 6.45) is 3.95. The van der Waals surface area contributed by atoms with Gasteiger partial charge in [0.2, 0.25) is 0 Å². The van der Waals surface area contributed by atoms with Crippen molar-refractivity contribution in [2.24, 2.45) is 0 Å². The van der Waals surface area contributed by atoms with Crippen molar-refractivity contribution >= 4 is 34.5 Å². The van der Waals surface area contributed by atoms with Crippen LogP contribution in [-0.4, -0.2) is 19.9 Å². The fourth-order valence-electron chi connectivity index (χ4n) is 2.23. The number of hydrogen-bond acceptors (Lipinski definition) is 3. The number of aromatic nitrogens is 4. The summed E-state index contributed by atoms with van der Waals surface area (Å²) < 4.78 is 0. The van der Waals surface area contributed by atoms with Gasteiger partial charge in [-0.1, -0.05) is 48.5 Å². The van der Waals surface area contributed by atoms with Crippen LogP contribution >= 0.6 is 0 Å². The molecule has 2 aromatic heterocycles. The van der Waals surface area contributed by atoms with Crippen LogP contribution in [0.15, 0.2) is 54.6 Å². The van der Waals surface area contributed by atoms with E-state index in [1.807, 2.05) is 66.7 Å². The van der Waals surface area contributed by atoms with Crippen molar-refractivity contribution in [3.8, 4) is 0 Å². The minimum atomic E-state index is 0.640. The lowest BCUT2D eigenvalue weighted by Gasteiger charge is -1.93. The van der Waals surface area contributed by atoms with Crippen molar-refractivity contribution in [1.82, 2.24) is 19.9 Å². The quantitative estimate of drug-likeness (QED) is 0.605. The lowest BCUT2D eigenvalue weighted by Crippen LogP contribution is -1.85. The third-order valence-electron chi connectivity index (χ3n) is 3.26. The molecule has 4 rings (SSSR count). The maximum atomic E-state index is 4.54. The molecular formula is C17H12N4. The van der Waals surface area contributed by atoms with E-state index in [4.69, 9.17) is 0 Å². The van der Waals surface area contributed by atoms with Crippen LogP contribution in [-0.2, 0) is 0 Å². The van der Waals surface area contributed by atoms with Crippen LogP contribution in [0, 0.1) is 0 Å². The van der Waals surface area contributed by atoms with Crippen LogP contribution in [0.4, 0.5) is 0 Å². The number of fused-ring (bicyclic) bond motifs is 2. The molecule has 0 aliphatic rings. The van der Waals surface area contributed by atoms with E-state index >= 15 is 0 Å². The molecule has 0 unspecified atom stereocenters. The topological polar surface area (TPSA) is 54.5 Å². The number of rotatable bonds is 2. The average Bonchev–Trinajstić information content (AvgIpc) is 2.93. The number of hydrogen-bond donors (Lipinski definition) is 1. The average molecular weight is 272 g/mol. The second-order valence-electron chi connectivity index (χ2n) is 4.75. The van der Waals surface area contributed by atoms with Gasteiger partial charge in [-0.15, -0.1) is 0 Å². The number of H-pyrrole nitrogens is 1. The summed E-state index contributed by atoms with van der Waals surface area (Å²) in [5, 5.41) is 0. The zero-order chi connectivity index (χ0) is 14.1. The summed E-state index contributed by atoms with van der Waals surface area (Å²) in [7, 11) is 0. The molecule has 0 aliphatic heterocycles. The van der Waals surface area contributed by atoms with E-state index in [9.17, 15) is 0 Å². The largest absolute Gasteiger partial charge is 0.322 e. The van der Waals surface area contributed by atoms with Gasteiger partial charge in [0.1, 0.15) is 5.82 Å². The summed E-state index contributed by atoms with van der Waals surface area (Å²) in [4.78, 5) is 16.7. The molecule has 0 saturated carbocycles. The molecule has 2 aromatic carbocycles. The van der Waals surface area contributed by atoms with Crippen molar-refractivity contribution in [1.29, 1.82) is 0 Å². The molecular weight excluding hydrogens is 260 g/mol. The van der Waals surface area contributed by atoms with Gasteiger partial charge in [-0.2, -0.15) is 0 Å². The minimum Gasteiger partial charge on any atom is -0.322 e. The molecule has 0 aliphatic carbocycles. The highest BCUT2D eigenvalue weighted by atomic mass is 15.0. The lowest BCUT2D eigenvalue weighted by molar-refractivity contribution is 1.27. The molecule has 100 valence electrons. The number of nitrogens with one attached hydrogen (secondary N) is 1. The molecule has 0 fully saturated rings. The standard InChI is InChI=1S/C17H12N4/c1-2-6-12(7-3-1)10-11-15-20-16-17(21-15)19-14-9-5-4-8-13(14)18-16/h1-11H,(H,18,19,20,21). The van der Waals surface area contributed by atoms with Crippen molar-refractivity contribution in [2.45, 2.75) is 0 Å². The molecule has 4 nitrogen and oxygen atoms in total. The molecule has 21 heavy (non-hydrogen) atoms. The summed E-state index contributed by atoms with van der Waals surface area (Å²) in [5.41, 5.74) is 4.20. The number of imidazole rings is 1. The zero-order valence-corrected chi connectivity index (χ0v) is 11.2. The van der Waals surface area contributed by atoms with E-state index in [0.29, 0.717) is 11.3 Å². The van der Waals surface area contributed by atoms with Crippen LogP contribution in [0.2, 0.25) is 0 Å². The Morgan fingerprint density at radius 3 is 2.24 bits per heavy atom. The van der Waals surface area contributed by atoms with Gasteiger partial charge in [0.15, 0.2) is 11.3 Å². The van der Waals surface area contributed by atoms with Gasteiger partial charge < -0.3 is 4.98 Å². The smallest absolute Gasteiger partial charge is 0.198 e. The Hall–Kier alpha value is -3.01. The van der Waals surface area contributed by atoms with Crippen molar-refractivity contribution in [2.75, 3.05) is 0 Å². The predicted molar refractivity (Wildman–Crippen MR) is 84.6 cm³/mol. The minimum absolute atomic E-state index is 0.640. The normalized spacial score (nSPS) is 11.6. The maximum absolute atomic E-state index is 4.54. The van der Waals surface area contributed by atoms with E-state index in [-0.39, 0.29) is 0 Å². The third-order valence-corrected chi connectivity index (χ3v) is 3.26. The second-order valence-corrected chi connectivity index (χ2v) is 4.75. The summed E-state index contributed by atoms with van der Waals surface area (Å²) >= 11 is 0. The van der Waals surface area contributed by atoms with Gasteiger partial charge in [-0.3, -0.25) is 0 Å². The number of para-hydroxylation sites is 2. The van der Waals surface area contributed by atoms with Gasteiger partial charge in [0.05, 0.1) is 11.0 Å². The molecule has 4 heteroatoms. The van der Waals surface area contributed by atoms with E-state index in [1.165, 1.54) is 0 Å². The fraction of sp³-hybridized carbons (Fsp3) is 0. The first-order valence-corrected chi connectivity index (χ1v) is 6.74. The first kappa shape index (κ1) is 11.8. The molecule has 0 radical (unpaired) electrons. The van der Waals surface area contributed by atoms with Crippen LogP contribution in [0.5, 0.6) is 0 Å². The Morgan fingerprint density at radius 2 is 1.43 bits per heavy atom. The maximum Gasteiger partial charge on any atom is 0.198 e. The molecule has 0 amide bonds. The summed E-state index contributed by atoms with van der Waals surface area (Å²) in [5.74, 6) is 0.754. The number of nitrogens with zero attached hydrogens (tertiary/aromatic N) is 3. The van der Waals surface area contributed by atoms with E-state index in [0.717, 1.165) is 22.4 Å². The first-order chi connectivity index (χ1) is 10.4.